The van der Waals surface area contributed by atoms with Crippen LogP contribution in [-0.2, 0) is 26.5 Å². The van der Waals surface area contributed by atoms with Crippen molar-refractivity contribution in [2.75, 3.05) is 0 Å². The summed E-state index contributed by atoms with van der Waals surface area (Å²) in [4.78, 5) is 10.7. The van der Waals surface area contributed by atoms with E-state index in [1.54, 1.807) is 0 Å². The molecule has 0 aliphatic rings. The first-order valence-corrected chi connectivity index (χ1v) is 4.03. The van der Waals surface area contributed by atoms with E-state index in [0.717, 1.165) is 5.56 Å². The molecule has 1 N–H and O–H groups in total. The molecule has 0 bridgehead atoms. The molecule has 1 atom stereocenters. The Kier molecular flexibility index (Phi) is 5.68. The predicted molar refractivity (Wildman–Crippen MR) is 47.1 cm³/mol. The van der Waals surface area contributed by atoms with Crippen LogP contribution in [0.5, 0.6) is 0 Å². The molecular weight excluding hydrogens is 200 g/mol. The summed E-state index contributed by atoms with van der Waals surface area (Å²) in [5, 5.41) is 8.83. The Morgan fingerprint density at radius 3 is 2.31 bits per heavy atom. The smallest absolute Gasteiger partial charge is 0.310 e. The summed E-state index contributed by atoms with van der Waals surface area (Å²) >= 11 is 0. The van der Waals surface area contributed by atoms with Gasteiger partial charge in [-0.05, 0) is 12.0 Å². The molecule has 68 valence electrons. The molecule has 1 unspecified atom stereocenters. The van der Waals surface area contributed by atoms with E-state index in [2.05, 4.69) is 0 Å². The summed E-state index contributed by atoms with van der Waals surface area (Å²) in [6.45, 7) is 1.88. The molecular formula is C10H12O2Ti. The molecule has 1 rings (SSSR count). The zero-order chi connectivity index (χ0) is 8.97. The first-order chi connectivity index (χ1) is 5.75. The SMILES string of the molecule is CCC(C(=O)O)c1ccccc1.[Ti]. The number of aliphatic carboxylic acids is 1. The normalized spacial score (nSPS) is 11.5. The maximum Gasteiger partial charge on any atom is 0.310 e. The Labute approximate surface area is 92.9 Å². The Morgan fingerprint density at radius 2 is 1.92 bits per heavy atom. The van der Waals surface area contributed by atoms with E-state index in [0.29, 0.717) is 6.42 Å². The first-order valence-electron chi connectivity index (χ1n) is 4.03. The van der Waals surface area contributed by atoms with Crippen molar-refractivity contribution >= 4 is 5.97 Å². The Hall–Kier alpha value is -0.596. The van der Waals surface area contributed by atoms with E-state index in [1.807, 2.05) is 37.3 Å². The molecule has 0 aromatic heterocycles. The minimum Gasteiger partial charge on any atom is -0.481 e. The van der Waals surface area contributed by atoms with Gasteiger partial charge in [0, 0.05) is 21.7 Å². The second-order valence-corrected chi connectivity index (χ2v) is 2.71. The zero-order valence-corrected chi connectivity index (χ0v) is 9.09. The van der Waals surface area contributed by atoms with Gasteiger partial charge in [-0.15, -0.1) is 0 Å². The third-order valence-corrected chi connectivity index (χ3v) is 1.91. The van der Waals surface area contributed by atoms with Crippen molar-refractivity contribution < 1.29 is 31.6 Å². The molecule has 0 aliphatic carbocycles. The molecule has 3 heteroatoms. The summed E-state index contributed by atoms with van der Waals surface area (Å²) in [5.41, 5.74) is 0.882. The number of rotatable bonds is 3. The van der Waals surface area contributed by atoms with E-state index in [9.17, 15) is 4.79 Å². The fraction of sp³-hybridized carbons (Fsp3) is 0.300. The topological polar surface area (TPSA) is 37.3 Å². The van der Waals surface area contributed by atoms with E-state index < -0.39 is 5.97 Å². The first kappa shape index (κ1) is 12.4. The standard InChI is InChI=1S/C10H12O2.Ti/c1-2-9(10(11)12)8-6-4-3-5-7-8;/h3-7,9H,2H2,1H3,(H,11,12);. The number of carbonyl (C=O) groups is 1. The van der Waals surface area contributed by atoms with Gasteiger partial charge < -0.3 is 5.11 Å². The minimum atomic E-state index is -0.747. The molecule has 2 nitrogen and oxygen atoms in total. The van der Waals surface area contributed by atoms with Gasteiger partial charge in [-0.3, -0.25) is 4.79 Å². The van der Waals surface area contributed by atoms with E-state index in [1.165, 1.54) is 0 Å². The average Bonchev–Trinajstić information content (AvgIpc) is 2.07. The van der Waals surface area contributed by atoms with Crippen LogP contribution in [0.3, 0.4) is 0 Å². The Morgan fingerprint density at radius 1 is 1.38 bits per heavy atom. The maximum absolute atomic E-state index is 10.7. The van der Waals surface area contributed by atoms with Crippen LogP contribution >= 0.6 is 0 Å². The van der Waals surface area contributed by atoms with E-state index in [4.69, 9.17) is 5.11 Å². The third kappa shape index (κ3) is 3.33. The van der Waals surface area contributed by atoms with Gasteiger partial charge in [0.05, 0.1) is 5.92 Å². The van der Waals surface area contributed by atoms with Crippen molar-refractivity contribution in [2.45, 2.75) is 19.3 Å². The van der Waals surface area contributed by atoms with Gasteiger partial charge in [-0.2, -0.15) is 0 Å². The largest absolute Gasteiger partial charge is 0.481 e. The molecule has 0 saturated heterocycles. The van der Waals surface area contributed by atoms with Crippen molar-refractivity contribution in [3.63, 3.8) is 0 Å². The molecule has 0 heterocycles. The van der Waals surface area contributed by atoms with Crippen LogP contribution in [0.2, 0.25) is 0 Å². The molecule has 0 saturated carbocycles. The van der Waals surface area contributed by atoms with E-state index in [-0.39, 0.29) is 27.6 Å². The van der Waals surface area contributed by atoms with Crippen LogP contribution in [0, 0.1) is 0 Å². The fourth-order valence-corrected chi connectivity index (χ4v) is 1.24. The van der Waals surface area contributed by atoms with Gasteiger partial charge in [0.25, 0.3) is 0 Å². The third-order valence-electron chi connectivity index (χ3n) is 1.91. The molecule has 0 radical (unpaired) electrons. The van der Waals surface area contributed by atoms with Gasteiger partial charge in [-0.25, -0.2) is 0 Å². The number of carboxylic acids is 1. The van der Waals surface area contributed by atoms with Crippen molar-refractivity contribution in [2.24, 2.45) is 0 Å². The van der Waals surface area contributed by atoms with Gasteiger partial charge >= 0.3 is 5.97 Å². The van der Waals surface area contributed by atoms with Crippen LogP contribution in [0.15, 0.2) is 30.3 Å². The van der Waals surface area contributed by atoms with Crippen molar-refractivity contribution in [1.29, 1.82) is 0 Å². The minimum absolute atomic E-state index is 0. The summed E-state index contributed by atoms with van der Waals surface area (Å²) in [6, 6.07) is 9.31. The second kappa shape index (κ2) is 5.95. The maximum atomic E-state index is 10.7. The number of benzene rings is 1. The molecule has 1 aromatic rings. The number of hydrogen-bond donors (Lipinski definition) is 1. The van der Waals surface area contributed by atoms with Crippen LogP contribution in [0.4, 0.5) is 0 Å². The molecule has 0 fully saturated rings. The van der Waals surface area contributed by atoms with Crippen LogP contribution < -0.4 is 0 Å². The van der Waals surface area contributed by atoms with Crippen LogP contribution in [0.1, 0.15) is 24.8 Å². The number of carboxylic acid groups (broad SMARTS) is 1. The zero-order valence-electron chi connectivity index (χ0n) is 7.53. The fourth-order valence-electron chi connectivity index (χ4n) is 1.24. The van der Waals surface area contributed by atoms with Crippen molar-refractivity contribution in [3.05, 3.63) is 35.9 Å². The molecule has 1 aromatic carbocycles. The van der Waals surface area contributed by atoms with E-state index >= 15 is 0 Å². The summed E-state index contributed by atoms with van der Waals surface area (Å²) in [5.74, 6) is -1.10. The van der Waals surface area contributed by atoms with Gasteiger partial charge in [0.1, 0.15) is 0 Å². The second-order valence-electron chi connectivity index (χ2n) is 2.71. The monoisotopic (exact) mass is 212 g/mol. The van der Waals surface area contributed by atoms with Gasteiger partial charge in [0.15, 0.2) is 0 Å². The Balaban J connectivity index is 0.00000144. The molecule has 13 heavy (non-hydrogen) atoms. The van der Waals surface area contributed by atoms with Gasteiger partial charge in [-0.1, -0.05) is 37.3 Å². The van der Waals surface area contributed by atoms with Crippen LogP contribution in [-0.4, -0.2) is 11.1 Å². The Bertz CT molecular complexity index is 259. The number of hydrogen-bond acceptors (Lipinski definition) is 1. The molecule has 0 spiro atoms. The summed E-state index contributed by atoms with van der Waals surface area (Å²) in [6.07, 6.45) is 0.638. The summed E-state index contributed by atoms with van der Waals surface area (Å²) in [7, 11) is 0. The van der Waals surface area contributed by atoms with Gasteiger partial charge in [0.2, 0.25) is 0 Å². The molecule has 0 amide bonds. The van der Waals surface area contributed by atoms with Crippen LogP contribution in [0.25, 0.3) is 0 Å². The molecule has 0 aliphatic heterocycles. The van der Waals surface area contributed by atoms with Crippen molar-refractivity contribution in [3.8, 4) is 0 Å². The summed E-state index contributed by atoms with van der Waals surface area (Å²) < 4.78 is 0. The predicted octanol–water partition coefficient (Wildman–Crippen LogP) is 2.26. The quantitative estimate of drug-likeness (QED) is 0.780. The average molecular weight is 212 g/mol. The van der Waals surface area contributed by atoms with Crippen molar-refractivity contribution in [1.82, 2.24) is 0 Å².